The van der Waals surface area contributed by atoms with Crippen LogP contribution >= 0.6 is 0 Å². The fourth-order valence-corrected chi connectivity index (χ4v) is 1.58. The van der Waals surface area contributed by atoms with Gasteiger partial charge in [-0.1, -0.05) is 20.8 Å². The molecule has 102 valence electrons. The molecule has 1 N–H and O–H groups in total. The van der Waals surface area contributed by atoms with E-state index in [0.29, 0.717) is 6.54 Å². The summed E-state index contributed by atoms with van der Waals surface area (Å²) in [6, 6.07) is 0. The molecule has 0 amide bonds. The van der Waals surface area contributed by atoms with Crippen molar-refractivity contribution < 1.29 is 14.6 Å². The molecule has 0 aromatic carbocycles. The summed E-state index contributed by atoms with van der Waals surface area (Å²) < 4.78 is 5.27. The van der Waals surface area contributed by atoms with Crippen LogP contribution in [-0.4, -0.2) is 47.8 Å². The Balaban J connectivity index is 4.30. The average Bonchev–Trinajstić information content (AvgIpc) is 1.95. The molecule has 0 rings (SSSR count). The molecular formula is C13H27NO3. The van der Waals surface area contributed by atoms with E-state index in [9.17, 15) is 4.79 Å². The molecule has 0 fully saturated rings. The van der Waals surface area contributed by atoms with Crippen LogP contribution in [0.25, 0.3) is 0 Å². The van der Waals surface area contributed by atoms with Crippen LogP contribution in [0.15, 0.2) is 0 Å². The SMILES string of the molecule is CC(C)(C)CN(CCO)CC(=O)OC(C)(C)C. The van der Waals surface area contributed by atoms with Gasteiger partial charge >= 0.3 is 5.97 Å². The van der Waals surface area contributed by atoms with E-state index < -0.39 is 5.60 Å². The summed E-state index contributed by atoms with van der Waals surface area (Å²) in [4.78, 5) is 13.6. The van der Waals surface area contributed by atoms with E-state index >= 15 is 0 Å². The second kappa shape index (κ2) is 6.36. The van der Waals surface area contributed by atoms with E-state index in [1.54, 1.807) is 0 Å². The van der Waals surface area contributed by atoms with Crippen molar-refractivity contribution in [2.24, 2.45) is 5.41 Å². The van der Waals surface area contributed by atoms with Gasteiger partial charge in [-0.3, -0.25) is 9.69 Å². The fourth-order valence-electron chi connectivity index (χ4n) is 1.58. The van der Waals surface area contributed by atoms with Crippen molar-refractivity contribution in [3.8, 4) is 0 Å². The number of ether oxygens (including phenoxy) is 1. The lowest BCUT2D eigenvalue weighted by Crippen LogP contribution is -2.40. The average molecular weight is 245 g/mol. The zero-order chi connectivity index (χ0) is 13.7. The van der Waals surface area contributed by atoms with Crippen LogP contribution in [-0.2, 0) is 9.53 Å². The Bertz CT molecular complexity index is 238. The van der Waals surface area contributed by atoms with Gasteiger partial charge in [-0.05, 0) is 26.2 Å². The first-order chi connectivity index (χ1) is 7.53. The zero-order valence-electron chi connectivity index (χ0n) is 12.0. The van der Waals surface area contributed by atoms with Crippen molar-refractivity contribution in [1.82, 2.24) is 4.90 Å². The number of carbonyl (C=O) groups is 1. The largest absolute Gasteiger partial charge is 0.459 e. The number of hydrogen-bond acceptors (Lipinski definition) is 4. The summed E-state index contributed by atoms with van der Waals surface area (Å²) in [6.45, 7) is 13.4. The molecule has 0 aliphatic carbocycles. The highest BCUT2D eigenvalue weighted by Gasteiger charge is 2.22. The van der Waals surface area contributed by atoms with E-state index in [1.807, 2.05) is 25.7 Å². The second-order valence-corrected chi connectivity index (χ2v) is 6.58. The van der Waals surface area contributed by atoms with Crippen LogP contribution in [0.4, 0.5) is 0 Å². The molecule has 0 radical (unpaired) electrons. The quantitative estimate of drug-likeness (QED) is 0.749. The van der Waals surface area contributed by atoms with Crippen LogP contribution in [0.1, 0.15) is 41.5 Å². The van der Waals surface area contributed by atoms with Gasteiger partial charge in [0.05, 0.1) is 13.2 Å². The lowest BCUT2D eigenvalue weighted by Gasteiger charge is -2.29. The minimum atomic E-state index is -0.455. The van der Waals surface area contributed by atoms with Crippen molar-refractivity contribution in [2.45, 2.75) is 47.1 Å². The van der Waals surface area contributed by atoms with Gasteiger partial charge < -0.3 is 9.84 Å². The first-order valence-electron chi connectivity index (χ1n) is 6.08. The normalized spacial score (nSPS) is 12.9. The molecule has 17 heavy (non-hydrogen) atoms. The summed E-state index contributed by atoms with van der Waals surface area (Å²) in [5.74, 6) is -0.241. The highest BCUT2D eigenvalue weighted by atomic mass is 16.6. The van der Waals surface area contributed by atoms with Crippen molar-refractivity contribution in [3.63, 3.8) is 0 Å². The number of esters is 1. The summed E-state index contributed by atoms with van der Waals surface area (Å²) in [6.07, 6.45) is 0. The second-order valence-electron chi connectivity index (χ2n) is 6.58. The fraction of sp³-hybridized carbons (Fsp3) is 0.923. The minimum Gasteiger partial charge on any atom is -0.459 e. The van der Waals surface area contributed by atoms with Gasteiger partial charge in [0.25, 0.3) is 0 Å². The predicted molar refractivity (Wildman–Crippen MR) is 68.8 cm³/mol. The molecule has 0 aliphatic rings. The third-order valence-corrected chi connectivity index (χ3v) is 1.89. The first kappa shape index (κ1) is 16.4. The van der Waals surface area contributed by atoms with E-state index in [0.717, 1.165) is 6.54 Å². The third kappa shape index (κ3) is 10.3. The highest BCUT2D eigenvalue weighted by molar-refractivity contribution is 5.72. The van der Waals surface area contributed by atoms with Crippen molar-refractivity contribution in [2.75, 3.05) is 26.2 Å². The third-order valence-electron chi connectivity index (χ3n) is 1.89. The Labute approximate surface area is 105 Å². The van der Waals surface area contributed by atoms with Gasteiger partial charge in [0.1, 0.15) is 5.60 Å². The number of carbonyl (C=O) groups excluding carboxylic acids is 1. The molecule has 0 heterocycles. The smallest absolute Gasteiger partial charge is 0.320 e. The predicted octanol–water partition coefficient (Wildman–Crippen LogP) is 1.67. The molecule has 0 atom stereocenters. The van der Waals surface area contributed by atoms with Crippen molar-refractivity contribution >= 4 is 5.97 Å². The lowest BCUT2D eigenvalue weighted by molar-refractivity contribution is -0.156. The minimum absolute atomic E-state index is 0.0544. The molecule has 0 aliphatic heterocycles. The van der Waals surface area contributed by atoms with Crippen molar-refractivity contribution in [1.29, 1.82) is 0 Å². The highest BCUT2D eigenvalue weighted by Crippen LogP contribution is 2.15. The van der Waals surface area contributed by atoms with E-state index in [2.05, 4.69) is 20.8 Å². The molecule has 0 saturated heterocycles. The van der Waals surface area contributed by atoms with Gasteiger partial charge in [-0.15, -0.1) is 0 Å². The van der Waals surface area contributed by atoms with Crippen LogP contribution in [0.2, 0.25) is 0 Å². The van der Waals surface area contributed by atoms with Gasteiger partial charge in [-0.25, -0.2) is 0 Å². The Kier molecular flexibility index (Phi) is 6.13. The molecule has 0 aromatic rings. The van der Waals surface area contributed by atoms with Gasteiger partial charge in [-0.2, -0.15) is 0 Å². The first-order valence-corrected chi connectivity index (χ1v) is 6.08. The van der Waals surface area contributed by atoms with E-state index in [1.165, 1.54) is 0 Å². The molecule has 0 bridgehead atoms. The summed E-state index contributed by atoms with van der Waals surface area (Å²) in [7, 11) is 0. The monoisotopic (exact) mass is 245 g/mol. The Morgan fingerprint density at radius 3 is 2.06 bits per heavy atom. The number of aliphatic hydroxyl groups excluding tert-OH is 1. The van der Waals surface area contributed by atoms with Crippen molar-refractivity contribution in [3.05, 3.63) is 0 Å². The summed E-state index contributed by atoms with van der Waals surface area (Å²) in [5.41, 5.74) is -0.360. The van der Waals surface area contributed by atoms with E-state index in [-0.39, 0.29) is 24.5 Å². The maximum atomic E-state index is 11.7. The number of nitrogens with zero attached hydrogens (tertiary/aromatic N) is 1. The maximum Gasteiger partial charge on any atom is 0.320 e. The van der Waals surface area contributed by atoms with E-state index in [4.69, 9.17) is 9.84 Å². The molecule has 0 spiro atoms. The Hall–Kier alpha value is -0.610. The molecule has 0 saturated carbocycles. The summed E-state index contributed by atoms with van der Waals surface area (Å²) in [5, 5.41) is 8.99. The van der Waals surface area contributed by atoms with Gasteiger partial charge in [0.2, 0.25) is 0 Å². The maximum absolute atomic E-state index is 11.7. The standard InChI is InChI=1S/C13H27NO3/c1-12(2,3)10-14(7-8-15)9-11(16)17-13(4,5)6/h15H,7-10H2,1-6H3. The number of aliphatic hydroxyl groups is 1. The Morgan fingerprint density at radius 1 is 1.18 bits per heavy atom. The zero-order valence-corrected chi connectivity index (χ0v) is 12.0. The summed E-state index contributed by atoms with van der Waals surface area (Å²) >= 11 is 0. The van der Waals surface area contributed by atoms with Crippen LogP contribution in [0.5, 0.6) is 0 Å². The molecule has 4 nitrogen and oxygen atoms in total. The molecule has 0 aromatic heterocycles. The van der Waals surface area contributed by atoms with Gasteiger partial charge in [0.15, 0.2) is 0 Å². The topological polar surface area (TPSA) is 49.8 Å². The number of hydrogen-bond donors (Lipinski definition) is 1. The molecular weight excluding hydrogens is 218 g/mol. The molecule has 4 heteroatoms. The van der Waals surface area contributed by atoms with Gasteiger partial charge in [0, 0.05) is 13.1 Å². The molecule has 0 unspecified atom stereocenters. The van der Waals surface area contributed by atoms with Crippen LogP contribution < -0.4 is 0 Å². The van der Waals surface area contributed by atoms with Crippen LogP contribution in [0, 0.1) is 5.41 Å². The van der Waals surface area contributed by atoms with Crippen LogP contribution in [0.3, 0.4) is 0 Å². The Morgan fingerprint density at radius 2 is 1.71 bits per heavy atom. The lowest BCUT2D eigenvalue weighted by atomic mass is 9.96. The number of rotatable bonds is 5.